The molecule has 1 aliphatic rings. The molecule has 2 N–H and O–H groups in total. The van der Waals surface area contributed by atoms with Gasteiger partial charge in [-0.3, -0.25) is 4.79 Å². The number of esters is 1. The molecule has 1 rings (SSSR count). The normalized spacial score (nSPS) is 24.1. The van der Waals surface area contributed by atoms with E-state index in [0.717, 1.165) is 25.7 Å². The van der Waals surface area contributed by atoms with Crippen LogP contribution in [0.15, 0.2) is 0 Å². The Kier molecular flexibility index (Phi) is 6.74. The fraction of sp³-hybridized carbons (Fsp3) is 0.917. The Bertz CT molecular complexity index is 382. The molecule has 0 aromatic carbocycles. The summed E-state index contributed by atoms with van der Waals surface area (Å²) in [5.74, 6) is -0.484. The van der Waals surface area contributed by atoms with Crippen molar-refractivity contribution in [3.8, 4) is 0 Å². The van der Waals surface area contributed by atoms with E-state index in [1.807, 2.05) is 0 Å². The highest BCUT2D eigenvalue weighted by atomic mass is 32.2. The maximum Gasteiger partial charge on any atom is 0.305 e. The van der Waals surface area contributed by atoms with E-state index >= 15 is 0 Å². The summed E-state index contributed by atoms with van der Waals surface area (Å²) in [4.78, 5) is 10.9. The van der Waals surface area contributed by atoms with Crippen LogP contribution in [0, 0.1) is 5.92 Å². The van der Waals surface area contributed by atoms with Crippen molar-refractivity contribution >= 4 is 16.0 Å². The van der Waals surface area contributed by atoms with Crippen LogP contribution in [0.25, 0.3) is 0 Å². The molecule has 7 heteroatoms. The zero-order valence-corrected chi connectivity index (χ0v) is 12.1. The van der Waals surface area contributed by atoms with Crippen LogP contribution < -0.4 is 4.72 Å². The number of carbonyl (C=O) groups excluding carboxylic acids is 1. The summed E-state index contributed by atoms with van der Waals surface area (Å²) in [7, 11) is -2.12. The Morgan fingerprint density at radius 1 is 1.37 bits per heavy atom. The molecule has 0 heterocycles. The maximum absolute atomic E-state index is 11.9. The lowest BCUT2D eigenvalue weighted by Gasteiger charge is -2.30. The van der Waals surface area contributed by atoms with Crippen molar-refractivity contribution in [1.82, 2.24) is 4.72 Å². The number of aliphatic hydroxyl groups is 1. The van der Waals surface area contributed by atoms with Crippen molar-refractivity contribution in [3.63, 3.8) is 0 Å². The van der Waals surface area contributed by atoms with E-state index in [0.29, 0.717) is 0 Å². The van der Waals surface area contributed by atoms with Crippen molar-refractivity contribution in [2.75, 3.05) is 19.5 Å². The minimum Gasteiger partial charge on any atom is -0.469 e. The molecule has 2 unspecified atom stereocenters. The van der Waals surface area contributed by atoms with Crippen LogP contribution in [0.2, 0.25) is 0 Å². The average molecular weight is 293 g/mol. The summed E-state index contributed by atoms with van der Waals surface area (Å²) in [5, 5.41) is 9.24. The van der Waals surface area contributed by atoms with Gasteiger partial charge in [-0.2, -0.15) is 0 Å². The molecule has 0 saturated heterocycles. The van der Waals surface area contributed by atoms with E-state index in [1.54, 1.807) is 0 Å². The Morgan fingerprint density at radius 2 is 2.05 bits per heavy atom. The standard InChI is InChI=1S/C12H23NO5S/c1-18-12(15)7-4-8-19(16,17)13-11-6-3-2-5-10(11)9-14/h10-11,13-14H,2-9H2,1H3. The number of hydrogen-bond donors (Lipinski definition) is 2. The van der Waals surface area contributed by atoms with Gasteiger partial charge in [0.2, 0.25) is 10.0 Å². The first kappa shape index (κ1) is 16.4. The number of rotatable bonds is 7. The Balaban J connectivity index is 2.42. The molecule has 0 amide bonds. The molecule has 1 saturated carbocycles. The molecule has 19 heavy (non-hydrogen) atoms. The van der Waals surface area contributed by atoms with Crippen LogP contribution in [-0.4, -0.2) is 45.0 Å². The largest absolute Gasteiger partial charge is 0.469 e. The average Bonchev–Trinajstić information content (AvgIpc) is 2.38. The van der Waals surface area contributed by atoms with E-state index in [4.69, 9.17) is 0 Å². The molecule has 0 aromatic heterocycles. The quantitative estimate of drug-likeness (QED) is 0.663. The van der Waals surface area contributed by atoms with Crippen molar-refractivity contribution in [2.24, 2.45) is 5.92 Å². The van der Waals surface area contributed by atoms with Gasteiger partial charge in [0.25, 0.3) is 0 Å². The number of hydrogen-bond acceptors (Lipinski definition) is 5. The second kappa shape index (κ2) is 7.81. The van der Waals surface area contributed by atoms with E-state index < -0.39 is 16.0 Å². The Hall–Kier alpha value is -0.660. The predicted molar refractivity (Wildman–Crippen MR) is 71.0 cm³/mol. The highest BCUT2D eigenvalue weighted by Crippen LogP contribution is 2.24. The smallest absolute Gasteiger partial charge is 0.305 e. The summed E-state index contributed by atoms with van der Waals surface area (Å²) >= 11 is 0. The van der Waals surface area contributed by atoms with Crippen LogP contribution in [0.3, 0.4) is 0 Å². The minimum atomic E-state index is -3.40. The topological polar surface area (TPSA) is 92.7 Å². The predicted octanol–water partition coefficient (Wildman–Crippen LogP) is 0.410. The molecule has 0 aliphatic heterocycles. The third kappa shape index (κ3) is 5.88. The molecule has 1 aliphatic carbocycles. The van der Waals surface area contributed by atoms with E-state index in [9.17, 15) is 18.3 Å². The molecular weight excluding hydrogens is 270 g/mol. The second-order valence-corrected chi connectivity index (χ2v) is 6.82. The zero-order chi connectivity index (χ0) is 14.3. The van der Waals surface area contributed by atoms with Gasteiger partial charge in [0.1, 0.15) is 0 Å². The lowest BCUT2D eigenvalue weighted by molar-refractivity contribution is -0.140. The van der Waals surface area contributed by atoms with Gasteiger partial charge in [-0.25, -0.2) is 13.1 Å². The first-order chi connectivity index (χ1) is 8.98. The van der Waals surface area contributed by atoms with Crippen molar-refractivity contribution in [1.29, 1.82) is 0 Å². The Labute approximate surface area is 114 Å². The van der Waals surface area contributed by atoms with Crippen molar-refractivity contribution < 1.29 is 23.1 Å². The summed E-state index contributed by atoms with van der Waals surface area (Å²) in [5.41, 5.74) is 0. The number of methoxy groups -OCH3 is 1. The third-order valence-electron chi connectivity index (χ3n) is 3.50. The summed E-state index contributed by atoms with van der Waals surface area (Å²) in [6.45, 7) is 0.00927. The fourth-order valence-electron chi connectivity index (χ4n) is 2.38. The highest BCUT2D eigenvalue weighted by molar-refractivity contribution is 7.89. The molecule has 2 atom stereocenters. The van der Waals surface area contributed by atoms with Crippen LogP contribution in [-0.2, 0) is 19.6 Å². The Morgan fingerprint density at radius 3 is 2.68 bits per heavy atom. The van der Waals surface area contributed by atoms with E-state index in [-0.39, 0.29) is 37.2 Å². The monoisotopic (exact) mass is 293 g/mol. The van der Waals surface area contributed by atoms with Gasteiger partial charge in [0.15, 0.2) is 0 Å². The molecule has 0 spiro atoms. The lowest BCUT2D eigenvalue weighted by Crippen LogP contribution is -2.44. The van der Waals surface area contributed by atoms with Gasteiger partial charge >= 0.3 is 5.97 Å². The van der Waals surface area contributed by atoms with Gasteiger partial charge in [0, 0.05) is 19.1 Å². The molecule has 6 nitrogen and oxygen atoms in total. The highest BCUT2D eigenvalue weighted by Gasteiger charge is 2.28. The number of ether oxygens (including phenoxy) is 1. The molecular formula is C12H23NO5S. The van der Waals surface area contributed by atoms with E-state index in [2.05, 4.69) is 9.46 Å². The summed E-state index contributed by atoms with van der Waals surface area (Å²) in [6.07, 6.45) is 3.98. The maximum atomic E-state index is 11.9. The van der Waals surface area contributed by atoms with Gasteiger partial charge in [-0.05, 0) is 25.2 Å². The second-order valence-electron chi connectivity index (χ2n) is 4.95. The van der Waals surface area contributed by atoms with Crippen molar-refractivity contribution in [2.45, 2.75) is 44.6 Å². The van der Waals surface area contributed by atoms with E-state index in [1.165, 1.54) is 7.11 Å². The fourth-order valence-corrected chi connectivity index (χ4v) is 3.79. The van der Waals surface area contributed by atoms with Crippen LogP contribution >= 0.6 is 0 Å². The number of aliphatic hydroxyl groups excluding tert-OH is 1. The lowest BCUT2D eigenvalue weighted by atomic mass is 9.86. The molecule has 0 aromatic rings. The van der Waals surface area contributed by atoms with Gasteiger partial charge < -0.3 is 9.84 Å². The van der Waals surface area contributed by atoms with Gasteiger partial charge in [-0.1, -0.05) is 12.8 Å². The zero-order valence-electron chi connectivity index (χ0n) is 11.3. The number of nitrogens with one attached hydrogen (secondary N) is 1. The van der Waals surface area contributed by atoms with Gasteiger partial charge in [0.05, 0.1) is 12.9 Å². The first-order valence-corrected chi connectivity index (χ1v) is 8.31. The number of carbonyl (C=O) groups is 1. The number of sulfonamides is 1. The van der Waals surface area contributed by atoms with Crippen LogP contribution in [0.4, 0.5) is 0 Å². The SMILES string of the molecule is COC(=O)CCCS(=O)(=O)NC1CCCCC1CO. The van der Waals surface area contributed by atoms with Gasteiger partial charge in [-0.15, -0.1) is 0 Å². The molecule has 0 bridgehead atoms. The first-order valence-electron chi connectivity index (χ1n) is 6.66. The van der Waals surface area contributed by atoms with Crippen LogP contribution in [0.5, 0.6) is 0 Å². The third-order valence-corrected chi connectivity index (χ3v) is 4.98. The summed E-state index contributed by atoms with van der Waals surface area (Å²) in [6, 6.07) is -0.179. The molecule has 1 fully saturated rings. The van der Waals surface area contributed by atoms with Crippen LogP contribution in [0.1, 0.15) is 38.5 Å². The summed E-state index contributed by atoms with van der Waals surface area (Å²) < 4.78 is 30.9. The molecule has 112 valence electrons. The minimum absolute atomic E-state index is 0.00383. The van der Waals surface area contributed by atoms with Crippen molar-refractivity contribution in [3.05, 3.63) is 0 Å². The molecule has 0 radical (unpaired) electrons.